The van der Waals surface area contributed by atoms with Gasteiger partial charge in [-0.1, -0.05) is 54.1 Å². The molecule has 0 spiro atoms. The van der Waals surface area contributed by atoms with Crippen LogP contribution in [-0.2, 0) is 6.54 Å². The minimum absolute atomic E-state index is 0.0520. The quantitative estimate of drug-likeness (QED) is 0.305. The Morgan fingerprint density at radius 2 is 1.58 bits per heavy atom. The van der Waals surface area contributed by atoms with Crippen molar-refractivity contribution in [3.8, 4) is 22.4 Å². The van der Waals surface area contributed by atoms with Gasteiger partial charge in [-0.05, 0) is 47.5 Å². The molecule has 1 aliphatic heterocycles. The first-order valence-corrected chi connectivity index (χ1v) is 12.4. The highest BCUT2D eigenvalue weighted by atomic mass is 35.5. The van der Waals surface area contributed by atoms with Crippen LogP contribution in [-0.4, -0.2) is 51.3 Å². The number of hydrogen-bond donors (Lipinski definition) is 0. The molecule has 1 saturated heterocycles. The van der Waals surface area contributed by atoms with E-state index < -0.39 is 0 Å². The normalized spacial score (nSPS) is 14.4. The summed E-state index contributed by atoms with van der Waals surface area (Å²) in [5.41, 5.74) is 6.31. The van der Waals surface area contributed by atoms with E-state index in [9.17, 15) is 4.79 Å². The number of fused-ring (bicyclic) bond motifs is 1. The van der Waals surface area contributed by atoms with Crippen molar-refractivity contribution in [3.05, 3.63) is 108 Å². The van der Waals surface area contributed by atoms with Gasteiger partial charge in [-0.2, -0.15) is 0 Å². The summed E-state index contributed by atoms with van der Waals surface area (Å²) in [4.78, 5) is 21.9. The van der Waals surface area contributed by atoms with Gasteiger partial charge in [0, 0.05) is 49.5 Å². The van der Waals surface area contributed by atoms with E-state index in [1.54, 1.807) is 12.1 Å². The molecule has 0 bridgehead atoms. The molecule has 0 atom stereocenters. The summed E-state index contributed by atoms with van der Waals surface area (Å²) in [6, 6.07) is 25.9. The van der Waals surface area contributed by atoms with Crippen molar-refractivity contribution in [3.63, 3.8) is 0 Å². The SMILES string of the molecule is O=C(c1ccco1)N1CCN(Cc2c(-c3ccc(Cl)cc3)nc3ccc(-c4ccccc4)cn23)CC1. The molecule has 7 heteroatoms. The van der Waals surface area contributed by atoms with E-state index in [1.807, 2.05) is 35.2 Å². The number of pyridine rings is 1. The number of furan rings is 1. The fourth-order valence-electron chi connectivity index (χ4n) is 4.76. The van der Waals surface area contributed by atoms with Crippen molar-refractivity contribution in [1.29, 1.82) is 0 Å². The van der Waals surface area contributed by atoms with E-state index in [0.717, 1.165) is 53.4 Å². The number of halogens is 1. The third-order valence-electron chi connectivity index (χ3n) is 6.71. The molecule has 1 aliphatic rings. The van der Waals surface area contributed by atoms with Crippen LogP contribution in [0.2, 0.25) is 5.02 Å². The predicted octanol–water partition coefficient (Wildman–Crippen LogP) is 5.87. The number of carbonyl (C=O) groups is 1. The summed E-state index contributed by atoms with van der Waals surface area (Å²) in [5.74, 6) is 0.340. The highest BCUT2D eigenvalue weighted by molar-refractivity contribution is 6.30. The van der Waals surface area contributed by atoms with Crippen molar-refractivity contribution in [1.82, 2.24) is 19.2 Å². The van der Waals surface area contributed by atoms with Gasteiger partial charge in [-0.15, -0.1) is 0 Å². The maximum absolute atomic E-state index is 12.7. The third-order valence-corrected chi connectivity index (χ3v) is 6.96. The van der Waals surface area contributed by atoms with Gasteiger partial charge in [0.25, 0.3) is 5.91 Å². The van der Waals surface area contributed by atoms with Crippen molar-refractivity contribution < 1.29 is 9.21 Å². The second-order valence-corrected chi connectivity index (χ2v) is 9.41. The Labute approximate surface area is 214 Å². The number of benzene rings is 2. The number of nitrogens with zero attached hydrogens (tertiary/aromatic N) is 4. The van der Waals surface area contributed by atoms with Gasteiger partial charge in [-0.3, -0.25) is 9.69 Å². The summed E-state index contributed by atoms with van der Waals surface area (Å²) in [6.07, 6.45) is 3.71. The van der Waals surface area contributed by atoms with Gasteiger partial charge in [0.15, 0.2) is 5.76 Å². The second kappa shape index (κ2) is 9.64. The zero-order valence-electron chi connectivity index (χ0n) is 19.7. The van der Waals surface area contributed by atoms with Crippen LogP contribution in [0.3, 0.4) is 0 Å². The smallest absolute Gasteiger partial charge is 0.289 e. The highest BCUT2D eigenvalue weighted by Crippen LogP contribution is 2.29. The molecule has 0 N–H and O–H groups in total. The summed E-state index contributed by atoms with van der Waals surface area (Å²) >= 11 is 6.17. The van der Waals surface area contributed by atoms with Gasteiger partial charge in [-0.25, -0.2) is 4.98 Å². The zero-order chi connectivity index (χ0) is 24.5. The summed E-state index contributed by atoms with van der Waals surface area (Å²) < 4.78 is 7.50. The van der Waals surface area contributed by atoms with Crippen molar-refractivity contribution >= 4 is 23.2 Å². The van der Waals surface area contributed by atoms with E-state index in [1.165, 1.54) is 6.26 Å². The van der Waals surface area contributed by atoms with Crippen LogP contribution < -0.4 is 0 Å². The second-order valence-electron chi connectivity index (χ2n) is 8.97. The van der Waals surface area contributed by atoms with Gasteiger partial charge in [0.1, 0.15) is 5.65 Å². The standard InChI is InChI=1S/C29H25ClN4O2/c30-24-11-8-22(9-12-24)28-25(20-32-14-16-33(17-15-32)29(35)26-7-4-18-36-26)34-19-23(10-13-27(34)31-28)21-5-2-1-3-6-21/h1-13,18-19H,14-17,20H2. The highest BCUT2D eigenvalue weighted by Gasteiger charge is 2.25. The molecule has 1 fully saturated rings. The minimum Gasteiger partial charge on any atom is -0.459 e. The maximum atomic E-state index is 12.7. The molecule has 2 aromatic carbocycles. The van der Waals surface area contributed by atoms with E-state index in [4.69, 9.17) is 21.0 Å². The molecule has 5 aromatic rings. The van der Waals surface area contributed by atoms with Crippen LogP contribution in [0.15, 0.2) is 95.7 Å². The molecule has 0 aliphatic carbocycles. The number of hydrogen-bond acceptors (Lipinski definition) is 4. The number of rotatable bonds is 5. The molecule has 0 saturated carbocycles. The van der Waals surface area contributed by atoms with E-state index in [2.05, 4.69) is 51.9 Å². The monoisotopic (exact) mass is 496 g/mol. The number of imidazole rings is 1. The molecular formula is C29H25ClN4O2. The Kier molecular flexibility index (Phi) is 6.05. The molecule has 180 valence electrons. The number of amides is 1. The maximum Gasteiger partial charge on any atom is 0.289 e. The Bertz CT molecular complexity index is 1490. The molecule has 1 amide bonds. The summed E-state index contributed by atoms with van der Waals surface area (Å²) in [5, 5.41) is 0.702. The lowest BCUT2D eigenvalue weighted by Gasteiger charge is -2.34. The molecule has 0 unspecified atom stereocenters. The van der Waals surface area contributed by atoms with Crippen LogP contribution in [0.25, 0.3) is 28.0 Å². The van der Waals surface area contributed by atoms with Gasteiger partial charge in [0.2, 0.25) is 0 Å². The predicted molar refractivity (Wildman–Crippen MR) is 141 cm³/mol. The van der Waals surface area contributed by atoms with E-state index in [0.29, 0.717) is 23.9 Å². The third kappa shape index (κ3) is 4.41. The van der Waals surface area contributed by atoms with Gasteiger partial charge >= 0.3 is 0 Å². The van der Waals surface area contributed by atoms with Crippen LogP contribution >= 0.6 is 11.6 Å². The van der Waals surface area contributed by atoms with E-state index >= 15 is 0 Å². The molecule has 0 radical (unpaired) electrons. The van der Waals surface area contributed by atoms with Crippen LogP contribution in [0.1, 0.15) is 16.2 Å². The molecule has 6 rings (SSSR count). The Balaban J connectivity index is 1.32. The summed E-state index contributed by atoms with van der Waals surface area (Å²) in [7, 11) is 0. The van der Waals surface area contributed by atoms with Crippen LogP contribution in [0, 0.1) is 0 Å². The van der Waals surface area contributed by atoms with Crippen LogP contribution in [0.5, 0.6) is 0 Å². The van der Waals surface area contributed by atoms with Crippen molar-refractivity contribution in [2.45, 2.75) is 6.54 Å². The molecule has 6 nitrogen and oxygen atoms in total. The average Bonchev–Trinajstić information content (AvgIpc) is 3.58. The van der Waals surface area contributed by atoms with Crippen molar-refractivity contribution in [2.75, 3.05) is 26.2 Å². The van der Waals surface area contributed by atoms with Gasteiger partial charge in [0.05, 0.1) is 17.7 Å². The number of aromatic nitrogens is 2. The first-order valence-electron chi connectivity index (χ1n) is 12.0. The summed E-state index contributed by atoms with van der Waals surface area (Å²) in [6.45, 7) is 3.58. The lowest BCUT2D eigenvalue weighted by Crippen LogP contribution is -2.48. The Morgan fingerprint density at radius 1 is 0.833 bits per heavy atom. The lowest BCUT2D eigenvalue weighted by molar-refractivity contribution is 0.0596. The first kappa shape index (κ1) is 22.6. The van der Waals surface area contributed by atoms with Crippen molar-refractivity contribution in [2.24, 2.45) is 0 Å². The molecule has 36 heavy (non-hydrogen) atoms. The number of piperazine rings is 1. The largest absolute Gasteiger partial charge is 0.459 e. The topological polar surface area (TPSA) is 54.0 Å². The fraction of sp³-hybridized carbons (Fsp3) is 0.172. The average molecular weight is 497 g/mol. The Hall–Kier alpha value is -3.87. The molecule has 3 aromatic heterocycles. The van der Waals surface area contributed by atoms with E-state index in [-0.39, 0.29) is 5.91 Å². The van der Waals surface area contributed by atoms with Crippen LogP contribution in [0.4, 0.5) is 0 Å². The number of carbonyl (C=O) groups excluding carboxylic acids is 1. The Morgan fingerprint density at radius 3 is 2.31 bits per heavy atom. The molecular weight excluding hydrogens is 472 g/mol. The van der Waals surface area contributed by atoms with Gasteiger partial charge < -0.3 is 13.7 Å². The first-order chi connectivity index (χ1) is 17.7. The zero-order valence-corrected chi connectivity index (χ0v) is 20.4. The minimum atomic E-state index is -0.0520. The lowest BCUT2D eigenvalue weighted by atomic mass is 10.1. The molecule has 4 heterocycles. The fourth-order valence-corrected chi connectivity index (χ4v) is 4.89.